The number of hydrogen-bond donors (Lipinski definition) is 1. The lowest BCUT2D eigenvalue weighted by molar-refractivity contribution is 0.0924. The number of aliphatic hydroxyl groups excluding tert-OH is 1. The van der Waals surface area contributed by atoms with E-state index in [4.69, 9.17) is 4.74 Å². The van der Waals surface area contributed by atoms with Gasteiger partial charge in [0.15, 0.2) is 0 Å². The van der Waals surface area contributed by atoms with Gasteiger partial charge in [0.2, 0.25) is 0 Å². The second-order valence-electron chi connectivity index (χ2n) is 5.81. The Kier molecular flexibility index (Phi) is 5.01. The van der Waals surface area contributed by atoms with E-state index in [9.17, 15) is 9.90 Å². The summed E-state index contributed by atoms with van der Waals surface area (Å²) in [5.74, 6) is 0.706. The van der Waals surface area contributed by atoms with Crippen LogP contribution in [0.1, 0.15) is 13.3 Å². The van der Waals surface area contributed by atoms with Crippen molar-refractivity contribution in [1.29, 1.82) is 0 Å². The number of aromatic nitrogens is 2. The maximum atomic E-state index is 12.7. The van der Waals surface area contributed by atoms with Crippen LogP contribution >= 0.6 is 0 Å². The molecular weight excluding hydrogens is 304 g/mol. The first-order chi connectivity index (χ1) is 11.7. The molecule has 3 aromatic rings. The Morgan fingerprint density at radius 1 is 1.00 bits per heavy atom. The number of para-hydroxylation sites is 3. The molecular formula is C19H22N2O3. The minimum atomic E-state index is -0.760. The van der Waals surface area contributed by atoms with Crippen molar-refractivity contribution >= 4 is 11.0 Å². The summed E-state index contributed by atoms with van der Waals surface area (Å²) in [5.41, 5.74) is 1.66. The number of hydrogen-bond acceptors (Lipinski definition) is 3. The fourth-order valence-corrected chi connectivity index (χ4v) is 2.86. The molecule has 0 amide bonds. The standard InChI is InChI=1S/C19H22N2O3/c1-2-12-20-17-10-6-7-11-18(17)21(19(20)23)13-15(22)14-24-16-8-4-3-5-9-16/h3-11,15,22H,2,12-14H2,1H3. The quantitative estimate of drug-likeness (QED) is 0.726. The molecule has 1 N–H and O–H groups in total. The van der Waals surface area contributed by atoms with Crippen molar-refractivity contribution < 1.29 is 9.84 Å². The number of aryl methyl sites for hydroxylation is 1. The van der Waals surface area contributed by atoms with Gasteiger partial charge in [-0.25, -0.2) is 4.79 Å². The van der Waals surface area contributed by atoms with Gasteiger partial charge in [-0.15, -0.1) is 0 Å². The van der Waals surface area contributed by atoms with Gasteiger partial charge in [0, 0.05) is 6.54 Å². The summed E-state index contributed by atoms with van der Waals surface area (Å²) in [6, 6.07) is 17.0. The average molecular weight is 326 g/mol. The van der Waals surface area contributed by atoms with E-state index in [-0.39, 0.29) is 18.8 Å². The summed E-state index contributed by atoms with van der Waals surface area (Å²) in [4.78, 5) is 12.7. The van der Waals surface area contributed by atoms with Gasteiger partial charge in [-0.05, 0) is 30.7 Å². The van der Waals surface area contributed by atoms with Crippen LogP contribution in [-0.2, 0) is 13.1 Å². The first-order valence-corrected chi connectivity index (χ1v) is 8.24. The minimum Gasteiger partial charge on any atom is -0.491 e. The maximum Gasteiger partial charge on any atom is 0.329 e. The Balaban J connectivity index is 1.79. The SMILES string of the molecule is CCCn1c(=O)n(CC(O)COc2ccccc2)c2ccccc21. The minimum absolute atomic E-state index is 0.0863. The highest BCUT2D eigenvalue weighted by atomic mass is 16.5. The Bertz CT molecular complexity index is 852. The van der Waals surface area contributed by atoms with Crippen molar-refractivity contribution in [2.75, 3.05) is 6.61 Å². The molecule has 0 aliphatic carbocycles. The molecule has 3 rings (SSSR count). The summed E-state index contributed by atoms with van der Waals surface area (Å²) < 4.78 is 8.97. The molecule has 0 aliphatic rings. The Hall–Kier alpha value is -2.53. The van der Waals surface area contributed by atoms with Crippen molar-refractivity contribution in [3.8, 4) is 5.75 Å². The van der Waals surface area contributed by atoms with Gasteiger partial charge in [0.25, 0.3) is 0 Å². The zero-order valence-electron chi connectivity index (χ0n) is 13.8. The summed E-state index contributed by atoms with van der Waals surface area (Å²) in [5, 5.41) is 10.3. The van der Waals surface area contributed by atoms with E-state index in [0.717, 1.165) is 17.5 Å². The second kappa shape index (κ2) is 7.36. The molecule has 1 unspecified atom stereocenters. The van der Waals surface area contributed by atoms with E-state index in [0.29, 0.717) is 12.3 Å². The van der Waals surface area contributed by atoms with Gasteiger partial charge in [-0.3, -0.25) is 9.13 Å². The van der Waals surface area contributed by atoms with Crippen molar-refractivity contribution in [3.63, 3.8) is 0 Å². The van der Waals surface area contributed by atoms with Crippen LogP contribution in [0.15, 0.2) is 59.4 Å². The third-order valence-electron chi connectivity index (χ3n) is 3.95. The fourth-order valence-electron chi connectivity index (χ4n) is 2.86. The van der Waals surface area contributed by atoms with Crippen LogP contribution in [0, 0.1) is 0 Å². The molecule has 0 aliphatic heterocycles. The molecule has 1 atom stereocenters. The maximum absolute atomic E-state index is 12.7. The molecule has 0 spiro atoms. The number of rotatable bonds is 7. The highest BCUT2D eigenvalue weighted by Crippen LogP contribution is 2.14. The summed E-state index contributed by atoms with van der Waals surface area (Å²) in [7, 11) is 0. The number of imidazole rings is 1. The Labute approximate surface area is 140 Å². The number of benzene rings is 2. The van der Waals surface area contributed by atoms with Gasteiger partial charge in [0.1, 0.15) is 18.5 Å². The monoisotopic (exact) mass is 326 g/mol. The highest BCUT2D eigenvalue weighted by Gasteiger charge is 2.15. The van der Waals surface area contributed by atoms with Gasteiger partial charge < -0.3 is 9.84 Å². The lowest BCUT2D eigenvalue weighted by atomic mass is 10.3. The Morgan fingerprint density at radius 2 is 1.62 bits per heavy atom. The number of fused-ring (bicyclic) bond motifs is 1. The van der Waals surface area contributed by atoms with Crippen molar-refractivity contribution in [1.82, 2.24) is 9.13 Å². The summed E-state index contributed by atoms with van der Waals surface area (Å²) >= 11 is 0. The molecule has 24 heavy (non-hydrogen) atoms. The molecule has 1 aromatic heterocycles. The van der Waals surface area contributed by atoms with Crippen LogP contribution in [0.3, 0.4) is 0 Å². The lowest BCUT2D eigenvalue weighted by Gasteiger charge is -2.13. The molecule has 0 saturated carbocycles. The van der Waals surface area contributed by atoms with E-state index in [1.807, 2.05) is 61.5 Å². The normalized spacial score (nSPS) is 12.4. The topological polar surface area (TPSA) is 56.4 Å². The van der Waals surface area contributed by atoms with Crippen molar-refractivity contribution in [2.24, 2.45) is 0 Å². The zero-order chi connectivity index (χ0) is 16.9. The molecule has 126 valence electrons. The van der Waals surface area contributed by atoms with Crippen LogP contribution in [-0.4, -0.2) is 27.0 Å². The first kappa shape index (κ1) is 16.3. The molecule has 0 fully saturated rings. The largest absolute Gasteiger partial charge is 0.491 e. The van der Waals surface area contributed by atoms with E-state index in [1.54, 1.807) is 9.13 Å². The van der Waals surface area contributed by atoms with Crippen LogP contribution in [0.2, 0.25) is 0 Å². The lowest BCUT2D eigenvalue weighted by Crippen LogP contribution is -2.31. The van der Waals surface area contributed by atoms with Crippen LogP contribution < -0.4 is 10.4 Å². The van der Waals surface area contributed by atoms with Crippen molar-refractivity contribution in [2.45, 2.75) is 32.5 Å². The number of nitrogens with zero attached hydrogens (tertiary/aromatic N) is 2. The third-order valence-corrected chi connectivity index (χ3v) is 3.95. The fraction of sp³-hybridized carbons (Fsp3) is 0.316. The zero-order valence-corrected chi connectivity index (χ0v) is 13.8. The molecule has 2 aromatic carbocycles. The van der Waals surface area contributed by atoms with Gasteiger partial charge in [-0.1, -0.05) is 37.3 Å². The molecule has 0 saturated heterocycles. The molecule has 5 heteroatoms. The van der Waals surface area contributed by atoms with E-state index in [2.05, 4.69) is 0 Å². The summed E-state index contributed by atoms with van der Waals surface area (Å²) in [6.07, 6.45) is 0.122. The smallest absolute Gasteiger partial charge is 0.329 e. The van der Waals surface area contributed by atoms with Gasteiger partial charge >= 0.3 is 5.69 Å². The van der Waals surface area contributed by atoms with Crippen molar-refractivity contribution in [3.05, 3.63) is 65.1 Å². The van der Waals surface area contributed by atoms with E-state index >= 15 is 0 Å². The number of ether oxygens (including phenoxy) is 1. The molecule has 0 bridgehead atoms. The predicted molar refractivity (Wildman–Crippen MR) is 94.4 cm³/mol. The van der Waals surface area contributed by atoms with Crippen LogP contribution in [0.5, 0.6) is 5.75 Å². The number of aliphatic hydroxyl groups is 1. The average Bonchev–Trinajstić information content (AvgIpc) is 2.87. The summed E-state index contributed by atoms with van der Waals surface area (Å²) in [6.45, 7) is 3.07. The molecule has 1 heterocycles. The van der Waals surface area contributed by atoms with Crippen LogP contribution in [0.25, 0.3) is 11.0 Å². The van der Waals surface area contributed by atoms with Crippen LogP contribution in [0.4, 0.5) is 0 Å². The van der Waals surface area contributed by atoms with Gasteiger partial charge in [0.05, 0.1) is 17.6 Å². The highest BCUT2D eigenvalue weighted by molar-refractivity contribution is 5.76. The second-order valence-corrected chi connectivity index (χ2v) is 5.81. The van der Waals surface area contributed by atoms with E-state index < -0.39 is 6.10 Å². The van der Waals surface area contributed by atoms with E-state index in [1.165, 1.54) is 0 Å². The molecule has 5 nitrogen and oxygen atoms in total. The first-order valence-electron chi connectivity index (χ1n) is 8.24. The van der Waals surface area contributed by atoms with Gasteiger partial charge in [-0.2, -0.15) is 0 Å². The molecule has 0 radical (unpaired) electrons. The third kappa shape index (κ3) is 3.36. The predicted octanol–water partition coefficient (Wildman–Crippen LogP) is 2.65. The Morgan fingerprint density at radius 3 is 2.29 bits per heavy atom.